The fourth-order valence-corrected chi connectivity index (χ4v) is 2.27. The normalized spacial score (nSPS) is 10.6. The van der Waals surface area contributed by atoms with E-state index in [0.717, 1.165) is 6.42 Å². The Hall–Kier alpha value is -3.42. The molecule has 140 valence electrons. The van der Waals surface area contributed by atoms with Crippen molar-refractivity contribution >= 4 is 17.6 Å². The fraction of sp³-hybridized carbons (Fsp3) is 0.263. The summed E-state index contributed by atoms with van der Waals surface area (Å²) in [5.41, 5.74) is 1.03. The fourth-order valence-electron chi connectivity index (χ4n) is 2.27. The molecule has 1 aromatic carbocycles. The van der Waals surface area contributed by atoms with Gasteiger partial charge in [-0.1, -0.05) is 12.1 Å². The molecule has 3 aromatic rings. The van der Waals surface area contributed by atoms with Crippen molar-refractivity contribution < 1.29 is 23.3 Å². The molecule has 0 aliphatic carbocycles. The van der Waals surface area contributed by atoms with Gasteiger partial charge in [-0.2, -0.15) is 4.98 Å². The number of aryl methyl sites for hydroxylation is 1. The van der Waals surface area contributed by atoms with Crippen LogP contribution in [-0.2, 0) is 16.0 Å². The van der Waals surface area contributed by atoms with Crippen LogP contribution >= 0.6 is 0 Å². The zero-order valence-corrected chi connectivity index (χ0v) is 14.8. The van der Waals surface area contributed by atoms with Crippen LogP contribution < -0.4 is 5.32 Å². The molecule has 3 rings (SSSR count). The third-order valence-corrected chi connectivity index (χ3v) is 3.62. The molecule has 0 radical (unpaired) electrons. The van der Waals surface area contributed by atoms with E-state index >= 15 is 0 Å². The smallest absolute Gasteiger partial charge is 0.338 e. The lowest BCUT2D eigenvalue weighted by Gasteiger charge is -2.06. The molecule has 0 aliphatic heterocycles. The van der Waals surface area contributed by atoms with Crippen LogP contribution in [0.25, 0.3) is 11.6 Å². The van der Waals surface area contributed by atoms with E-state index in [0.29, 0.717) is 41.8 Å². The minimum Gasteiger partial charge on any atom is -0.462 e. The van der Waals surface area contributed by atoms with E-state index < -0.39 is 0 Å². The van der Waals surface area contributed by atoms with Gasteiger partial charge in [-0.15, -0.1) is 0 Å². The van der Waals surface area contributed by atoms with Gasteiger partial charge in [0.1, 0.15) is 0 Å². The molecule has 0 aliphatic rings. The second kappa shape index (κ2) is 8.79. The first-order valence-electron chi connectivity index (χ1n) is 8.59. The van der Waals surface area contributed by atoms with Crippen LogP contribution in [0.15, 0.2) is 51.6 Å². The highest BCUT2D eigenvalue weighted by Crippen LogP contribution is 2.16. The molecule has 0 spiro atoms. The second-order valence-electron chi connectivity index (χ2n) is 5.75. The molecule has 2 heterocycles. The van der Waals surface area contributed by atoms with Gasteiger partial charge in [-0.05, 0) is 42.8 Å². The number of nitrogens with one attached hydrogen (secondary N) is 1. The number of anilines is 1. The summed E-state index contributed by atoms with van der Waals surface area (Å²) in [5, 5.41) is 6.57. The minimum absolute atomic E-state index is 0.181. The van der Waals surface area contributed by atoms with E-state index in [1.54, 1.807) is 36.4 Å². The van der Waals surface area contributed by atoms with Crippen molar-refractivity contribution in [2.45, 2.75) is 26.2 Å². The van der Waals surface area contributed by atoms with E-state index in [1.165, 1.54) is 6.26 Å². The summed E-state index contributed by atoms with van der Waals surface area (Å²) in [5.74, 6) is 0.631. The topological polar surface area (TPSA) is 107 Å². The van der Waals surface area contributed by atoms with Gasteiger partial charge in [0.2, 0.25) is 17.6 Å². The van der Waals surface area contributed by atoms with Crippen molar-refractivity contribution in [2.75, 3.05) is 11.9 Å². The van der Waals surface area contributed by atoms with Crippen LogP contribution in [0.1, 0.15) is 36.0 Å². The number of carbonyl (C=O) groups excluding carboxylic acids is 2. The Morgan fingerprint density at radius 3 is 2.70 bits per heavy atom. The number of carbonyl (C=O) groups is 2. The van der Waals surface area contributed by atoms with Crippen molar-refractivity contribution in [2.24, 2.45) is 0 Å². The SMILES string of the molecule is CCCOC(=O)c1ccc(NC(=O)CCc2nc(-c3ccco3)no2)cc1. The summed E-state index contributed by atoms with van der Waals surface area (Å²) >= 11 is 0. The monoisotopic (exact) mass is 369 g/mol. The Labute approximate surface area is 155 Å². The molecule has 0 atom stereocenters. The second-order valence-corrected chi connectivity index (χ2v) is 5.75. The van der Waals surface area contributed by atoms with Gasteiger partial charge in [0.15, 0.2) is 5.76 Å². The molecule has 0 saturated carbocycles. The highest BCUT2D eigenvalue weighted by molar-refractivity contribution is 5.93. The molecular weight excluding hydrogens is 350 g/mol. The van der Waals surface area contributed by atoms with Crippen molar-refractivity contribution in [3.8, 4) is 11.6 Å². The predicted octanol–water partition coefficient (Wildman–Crippen LogP) is 3.47. The largest absolute Gasteiger partial charge is 0.462 e. The molecule has 8 nitrogen and oxygen atoms in total. The Bertz CT molecular complexity index is 884. The summed E-state index contributed by atoms with van der Waals surface area (Å²) in [6, 6.07) is 9.99. The molecule has 0 bridgehead atoms. The number of hydrogen-bond donors (Lipinski definition) is 1. The number of furan rings is 1. The van der Waals surface area contributed by atoms with Gasteiger partial charge in [-0.25, -0.2) is 4.79 Å². The first-order valence-corrected chi connectivity index (χ1v) is 8.59. The first-order chi connectivity index (χ1) is 13.2. The van der Waals surface area contributed by atoms with Crippen LogP contribution in [0.5, 0.6) is 0 Å². The third kappa shape index (κ3) is 5.04. The van der Waals surface area contributed by atoms with Gasteiger partial charge in [0.05, 0.1) is 18.4 Å². The molecule has 1 amide bonds. The quantitative estimate of drug-likeness (QED) is 0.606. The van der Waals surface area contributed by atoms with E-state index in [2.05, 4.69) is 15.5 Å². The molecule has 27 heavy (non-hydrogen) atoms. The molecule has 0 fully saturated rings. The first kappa shape index (κ1) is 18.4. The summed E-state index contributed by atoms with van der Waals surface area (Å²) in [7, 11) is 0. The number of benzene rings is 1. The third-order valence-electron chi connectivity index (χ3n) is 3.62. The number of rotatable bonds is 8. The Morgan fingerprint density at radius 2 is 2.00 bits per heavy atom. The Kier molecular flexibility index (Phi) is 5.98. The summed E-state index contributed by atoms with van der Waals surface area (Å²) in [6.07, 6.45) is 2.78. The molecular formula is C19H19N3O5. The van der Waals surface area contributed by atoms with E-state index in [-0.39, 0.29) is 18.3 Å². The lowest BCUT2D eigenvalue weighted by atomic mass is 10.2. The predicted molar refractivity (Wildman–Crippen MR) is 96.0 cm³/mol. The highest BCUT2D eigenvalue weighted by atomic mass is 16.5. The van der Waals surface area contributed by atoms with Crippen LogP contribution in [0.4, 0.5) is 5.69 Å². The molecule has 1 N–H and O–H groups in total. The Balaban J connectivity index is 1.48. The van der Waals surface area contributed by atoms with Crippen LogP contribution in [0.3, 0.4) is 0 Å². The number of aromatic nitrogens is 2. The van der Waals surface area contributed by atoms with Gasteiger partial charge in [0, 0.05) is 18.5 Å². The average Bonchev–Trinajstić information content (AvgIpc) is 3.36. The number of nitrogens with zero attached hydrogens (tertiary/aromatic N) is 2. The van der Waals surface area contributed by atoms with Gasteiger partial charge >= 0.3 is 5.97 Å². The molecule has 0 unspecified atom stereocenters. The van der Waals surface area contributed by atoms with E-state index in [9.17, 15) is 9.59 Å². The van der Waals surface area contributed by atoms with Gasteiger partial charge in [-0.3, -0.25) is 4.79 Å². The lowest BCUT2D eigenvalue weighted by molar-refractivity contribution is -0.116. The van der Waals surface area contributed by atoms with Crippen LogP contribution in [0.2, 0.25) is 0 Å². The number of hydrogen-bond acceptors (Lipinski definition) is 7. The minimum atomic E-state index is -0.376. The van der Waals surface area contributed by atoms with Crippen LogP contribution in [-0.4, -0.2) is 28.6 Å². The molecule has 8 heteroatoms. The van der Waals surface area contributed by atoms with Crippen molar-refractivity contribution in [1.29, 1.82) is 0 Å². The highest BCUT2D eigenvalue weighted by Gasteiger charge is 2.13. The standard InChI is InChI=1S/C19H19N3O5/c1-2-11-26-19(24)13-5-7-14(8-6-13)20-16(23)9-10-17-21-18(22-27-17)15-4-3-12-25-15/h3-8,12H,2,9-11H2,1H3,(H,20,23). The summed E-state index contributed by atoms with van der Waals surface area (Å²) in [4.78, 5) is 28.0. The zero-order valence-electron chi connectivity index (χ0n) is 14.8. The summed E-state index contributed by atoms with van der Waals surface area (Å²) in [6.45, 7) is 2.31. The number of esters is 1. The number of amides is 1. The summed E-state index contributed by atoms with van der Waals surface area (Å²) < 4.78 is 15.4. The van der Waals surface area contributed by atoms with Crippen LogP contribution in [0, 0.1) is 0 Å². The zero-order chi connectivity index (χ0) is 19.1. The number of ether oxygens (including phenoxy) is 1. The van der Waals surface area contributed by atoms with Gasteiger partial charge < -0.3 is 19.0 Å². The lowest BCUT2D eigenvalue weighted by Crippen LogP contribution is -2.12. The van der Waals surface area contributed by atoms with E-state index in [4.69, 9.17) is 13.7 Å². The molecule has 0 saturated heterocycles. The van der Waals surface area contributed by atoms with Crippen molar-refractivity contribution in [3.63, 3.8) is 0 Å². The Morgan fingerprint density at radius 1 is 1.19 bits per heavy atom. The maximum Gasteiger partial charge on any atom is 0.338 e. The molecule has 2 aromatic heterocycles. The van der Waals surface area contributed by atoms with Crippen molar-refractivity contribution in [1.82, 2.24) is 10.1 Å². The average molecular weight is 369 g/mol. The van der Waals surface area contributed by atoms with Crippen molar-refractivity contribution in [3.05, 3.63) is 54.1 Å². The van der Waals surface area contributed by atoms with Gasteiger partial charge in [0.25, 0.3) is 0 Å². The maximum absolute atomic E-state index is 12.1. The maximum atomic E-state index is 12.1. The van der Waals surface area contributed by atoms with E-state index in [1.807, 2.05) is 6.92 Å².